The topological polar surface area (TPSA) is 83.1 Å². The van der Waals surface area contributed by atoms with Gasteiger partial charge in [0.05, 0.1) is 0 Å². The van der Waals surface area contributed by atoms with Gasteiger partial charge in [0.2, 0.25) is 6.54 Å². The Morgan fingerprint density at radius 3 is 2.53 bits per heavy atom. The van der Waals surface area contributed by atoms with Crippen LogP contribution in [0.5, 0.6) is 5.75 Å². The van der Waals surface area contributed by atoms with E-state index >= 15 is 0 Å². The molecule has 0 spiro atoms. The number of rotatable bonds is 9. The van der Waals surface area contributed by atoms with Gasteiger partial charge in [0.1, 0.15) is 29.2 Å². The van der Waals surface area contributed by atoms with Gasteiger partial charge in [-0.25, -0.2) is 4.39 Å². The Labute approximate surface area is 204 Å². The smallest absolute Gasteiger partial charge is 0.220 e. The number of ether oxygens (including phenoxy) is 1. The zero-order chi connectivity index (χ0) is 24.1. The fraction of sp³-hybridized carbons (Fsp3) is 0.167. The summed E-state index contributed by atoms with van der Waals surface area (Å²) in [6, 6.07) is 20.4. The molecule has 0 unspecified atom stereocenters. The molecule has 3 aromatic carbocycles. The minimum Gasteiger partial charge on any atom is -0.489 e. The third kappa shape index (κ3) is 5.55. The number of halogens is 2. The number of aryl methyl sites for hydroxylation is 1. The van der Waals surface area contributed by atoms with E-state index in [0.29, 0.717) is 33.0 Å². The van der Waals surface area contributed by atoms with Crippen LogP contribution in [0, 0.1) is 22.9 Å². The summed E-state index contributed by atoms with van der Waals surface area (Å²) in [4.78, 5) is 11.2. The van der Waals surface area contributed by atoms with Crippen molar-refractivity contribution in [1.82, 2.24) is 14.8 Å². The molecule has 1 atom stereocenters. The van der Waals surface area contributed by atoms with Crippen molar-refractivity contribution in [3.63, 3.8) is 0 Å². The first-order chi connectivity index (χ1) is 16.4. The number of nitro groups is 1. The first-order valence-electron chi connectivity index (χ1n) is 10.3. The van der Waals surface area contributed by atoms with E-state index in [1.807, 2.05) is 24.3 Å². The molecule has 0 saturated carbocycles. The number of para-hydroxylation sites is 1. The van der Waals surface area contributed by atoms with E-state index in [-0.39, 0.29) is 23.9 Å². The highest BCUT2D eigenvalue weighted by Gasteiger charge is 2.26. The maximum atomic E-state index is 13.4. The van der Waals surface area contributed by atoms with E-state index in [9.17, 15) is 14.5 Å². The highest BCUT2D eigenvalue weighted by Crippen LogP contribution is 2.40. The van der Waals surface area contributed by atoms with Gasteiger partial charge >= 0.3 is 0 Å². The van der Waals surface area contributed by atoms with Gasteiger partial charge in [-0.3, -0.25) is 14.7 Å². The van der Waals surface area contributed by atoms with Crippen LogP contribution in [0.1, 0.15) is 22.2 Å². The summed E-state index contributed by atoms with van der Waals surface area (Å²) in [5.74, 6) is 0.739. The lowest BCUT2D eigenvalue weighted by molar-refractivity contribution is -0.479. The molecular formula is C24H20ClFN4O3S. The van der Waals surface area contributed by atoms with Gasteiger partial charge in [-0.15, -0.1) is 10.2 Å². The molecule has 0 saturated heterocycles. The second-order valence-electron chi connectivity index (χ2n) is 7.38. The number of hydrogen-bond acceptors (Lipinski definition) is 6. The molecule has 174 valence electrons. The largest absolute Gasteiger partial charge is 0.489 e. The predicted molar refractivity (Wildman–Crippen MR) is 129 cm³/mol. The zero-order valence-electron chi connectivity index (χ0n) is 18.1. The second-order valence-corrected chi connectivity index (χ2v) is 8.96. The average molecular weight is 499 g/mol. The monoisotopic (exact) mass is 498 g/mol. The summed E-state index contributed by atoms with van der Waals surface area (Å²) in [6.07, 6.45) is 0. The Morgan fingerprint density at radius 2 is 1.79 bits per heavy atom. The summed E-state index contributed by atoms with van der Waals surface area (Å²) in [5, 5.41) is 20.3. The van der Waals surface area contributed by atoms with Crippen molar-refractivity contribution in [3.05, 3.63) is 111 Å². The Morgan fingerprint density at radius 1 is 1.09 bits per heavy atom. The van der Waals surface area contributed by atoms with E-state index in [1.165, 1.54) is 23.9 Å². The van der Waals surface area contributed by atoms with Crippen molar-refractivity contribution in [3.8, 4) is 11.4 Å². The van der Waals surface area contributed by atoms with Crippen molar-refractivity contribution in [2.45, 2.75) is 23.9 Å². The van der Waals surface area contributed by atoms with Gasteiger partial charge in [-0.05, 0) is 43.3 Å². The molecule has 0 fully saturated rings. The van der Waals surface area contributed by atoms with Crippen molar-refractivity contribution >= 4 is 23.4 Å². The van der Waals surface area contributed by atoms with Crippen LogP contribution in [0.2, 0.25) is 5.02 Å². The zero-order valence-corrected chi connectivity index (χ0v) is 19.7. The third-order valence-corrected chi connectivity index (χ3v) is 6.58. The SMILES string of the molecule is Cc1nnc(S[C@@H](C[N+](=O)[O-])c2ccccc2OCc2ccccc2Cl)n1-c1ccc(F)cc1. The van der Waals surface area contributed by atoms with E-state index < -0.39 is 5.25 Å². The fourth-order valence-corrected chi connectivity index (χ4v) is 4.81. The lowest BCUT2D eigenvalue weighted by atomic mass is 10.1. The molecule has 1 aromatic heterocycles. The average Bonchev–Trinajstić information content (AvgIpc) is 3.18. The van der Waals surface area contributed by atoms with Crippen molar-refractivity contribution < 1.29 is 14.1 Å². The van der Waals surface area contributed by atoms with Gasteiger partial charge in [0.15, 0.2) is 5.16 Å². The number of benzene rings is 3. The number of thioether (sulfide) groups is 1. The molecule has 0 amide bonds. The molecular weight excluding hydrogens is 479 g/mol. The van der Waals surface area contributed by atoms with E-state index in [1.54, 1.807) is 47.9 Å². The summed E-state index contributed by atoms with van der Waals surface area (Å²) in [7, 11) is 0. The van der Waals surface area contributed by atoms with E-state index in [2.05, 4.69) is 10.2 Å². The lowest BCUT2D eigenvalue weighted by Gasteiger charge is -2.18. The molecule has 0 N–H and O–H groups in total. The van der Waals surface area contributed by atoms with E-state index in [4.69, 9.17) is 16.3 Å². The Bertz CT molecular complexity index is 1300. The summed E-state index contributed by atoms with van der Waals surface area (Å²) in [6.45, 7) is 1.63. The summed E-state index contributed by atoms with van der Waals surface area (Å²) in [5.41, 5.74) is 2.13. The number of hydrogen-bond donors (Lipinski definition) is 0. The van der Waals surface area contributed by atoms with Gasteiger partial charge in [-0.1, -0.05) is 59.8 Å². The normalized spacial score (nSPS) is 11.9. The standard InChI is InChI=1S/C24H20ClFN4O3S/c1-16-27-28-24(30(16)19-12-10-18(26)11-13-19)34-23(14-29(31)32)20-7-3-5-9-22(20)33-15-17-6-2-4-8-21(17)25/h2-13,23H,14-15H2,1H3/t23-/m0/s1. The lowest BCUT2D eigenvalue weighted by Crippen LogP contribution is -2.12. The van der Waals surface area contributed by atoms with Crippen LogP contribution in [0.4, 0.5) is 4.39 Å². The van der Waals surface area contributed by atoms with Gasteiger partial charge in [-0.2, -0.15) is 0 Å². The Kier molecular flexibility index (Phi) is 7.44. The van der Waals surface area contributed by atoms with Crippen molar-refractivity contribution in [2.24, 2.45) is 0 Å². The highest BCUT2D eigenvalue weighted by atomic mass is 35.5. The molecule has 0 aliphatic carbocycles. The van der Waals surface area contributed by atoms with Crippen LogP contribution in [0.25, 0.3) is 5.69 Å². The molecule has 0 aliphatic heterocycles. The van der Waals surface area contributed by atoms with Crippen molar-refractivity contribution in [2.75, 3.05) is 6.54 Å². The first-order valence-corrected chi connectivity index (χ1v) is 11.6. The maximum absolute atomic E-state index is 13.4. The van der Waals surface area contributed by atoms with Gasteiger partial charge in [0, 0.05) is 26.8 Å². The highest BCUT2D eigenvalue weighted by molar-refractivity contribution is 7.99. The molecule has 7 nitrogen and oxygen atoms in total. The van der Waals surface area contributed by atoms with E-state index in [0.717, 1.165) is 5.56 Å². The van der Waals surface area contributed by atoms with Gasteiger partial charge < -0.3 is 4.74 Å². The van der Waals surface area contributed by atoms with Gasteiger partial charge in [0.25, 0.3) is 0 Å². The van der Waals surface area contributed by atoms with Crippen molar-refractivity contribution in [1.29, 1.82) is 0 Å². The predicted octanol–water partition coefficient (Wildman–Crippen LogP) is 6.06. The molecule has 34 heavy (non-hydrogen) atoms. The number of aromatic nitrogens is 3. The number of nitrogens with zero attached hydrogens (tertiary/aromatic N) is 4. The molecule has 10 heteroatoms. The van der Waals surface area contributed by atoms with Crippen LogP contribution >= 0.6 is 23.4 Å². The van der Waals surface area contributed by atoms with Crippen LogP contribution in [0.15, 0.2) is 78.0 Å². The molecule has 0 bridgehead atoms. The second kappa shape index (κ2) is 10.7. The molecule has 4 rings (SSSR count). The minimum absolute atomic E-state index is 0.220. The first kappa shape index (κ1) is 23.7. The van der Waals surface area contributed by atoms with Crippen LogP contribution in [-0.2, 0) is 6.61 Å². The molecule has 1 heterocycles. The fourth-order valence-electron chi connectivity index (χ4n) is 3.42. The molecule has 0 aliphatic rings. The Hall–Kier alpha value is -3.43. The minimum atomic E-state index is -0.611. The maximum Gasteiger partial charge on any atom is 0.220 e. The Balaban J connectivity index is 1.65. The molecule has 4 aromatic rings. The van der Waals surface area contributed by atoms with Crippen LogP contribution < -0.4 is 4.74 Å². The quantitative estimate of drug-likeness (QED) is 0.158. The summed E-state index contributed by atoms with van der Waals surface area (Å²) < 4.78 is 21.2. The van der Waals surface area contributed by atoms with Crippen LogP contribution in [-0.4, -0.2) is 26.2 Å². The third-order valence-electron chi connectivity index (χ3n) is 5.05. The molecule has 0 radical (unpaired) electrons. The van der Waals surface area contributed by atoms with Crippen LogP contribution in [0.3, 0.4) is 0 Å². The summed E-state index contributed by atoms with van der Waals surface area (Å²) >= 11 is 7.45.